The number of carbonyl (C=O) groups excluding carboxylic acids is 1. The maximum absolute atomic E-state index is 12.3. The van der Waals surface area contributed by atoms with Crippen LogP contribution in [0.3, 0.4) is 0 Å². The van der Waals surface area contributed by atoms with Crippen molar-refractivity contribution in [2.45, 2.75) is 126 Å². The van der Waals surface area contributed by atoms with Crippen LogP contribution in [0.2, 0.25) is 0 Å². The average Bonchev–Trinajstić information content (AvgIpc) is 2.77. The molecule has 0 radical (unpaired) electrons. The molecule has 4 saturated carbocycles. The molecule has 0 aromatic carbocycles. The van der Waals surface area contributed by atoms with Crippen LogP contribution < -0.4 is 0 Å². The van der Waals surface area contributed by atoms with Crippen LogP contribution in [0, 0.1) is 50.2 Å². The average molecular weight is 499 g/mol. The first-order valence-electron chi connectivity index (χ1n) is 14.7. The highest BCUT2D eigenvalue weighted by molar-refractivity contribution is 5.74. The second-order valence-electron chi connectivity index (χ2n) is 15.5. The Kier molecular flexibility index (Phi) is 5.74. The van der Waals surface area contributed by atoms with E-state index in [0.29, 0.717) is 17.8 Å². The first-order chi connectivity index (χ1) is 16.5. The molecule has 0 unspecified atom stereocenters. The molecule has 1 N–H and O–H groups in total. The van der Waals surface area contributed by atoms with Crippen molar-refractivity contribution in [3.05, 3.63) is 11.6 Å². The van der Waals surface area contributed by atoms with Crippen LogP contribution >= 0.6 is 0 Å². The van der Waals surface area contributed by atoms with E-state index in [1.54, 1.807) is 12.5 Å². The molecule has 5 rings (SSSR count). The van der Waals surface area contributed by atoms with Gasteiger partial charge in [-0.05, 0) is 111 Å². The summed E-state index contributed by atoms with van der Waals surface area (Å²) in [5.74, 6) is 0.767. The predicted molar refractivity (Wildman–Crippen MR) is 142 cm³/mol. The topological polar surface area (TPSA) is 63.6 Å². The van der Waals surface area contributed by atoms with E-state index in [4.69, 9.17) is 4.74 Å². The molecule has 0 bridgehead atoms. The highest BCUT2D eigenvalue weighted by Gasteiger charge is 2.68. The molecule has 0 aliphatic heterocycles. The van der Waals surface area contributed by atoms with Crippen LogP contribution in [-0.4, -0.2) is 23.1 Å². The molecule has 0 aromatic rings. The van der Waals surface area contributed by atoms with Crippen molar-refractivity contribution in [3.63, 3.8) is 0 Å². The summed E-state index contributed by atoms with van der Waals surface area (Å²) >= 11 is 0. The summed E-state index contributed by atoms with van der Waals surface area (Å²) in [4.78, 5) is 24.2. The Bertz CT molecular complexity index is 996. The van der Waals surface area contributed by atoms with Crippen molar-refractivity contribution in [1.82, 2.24) is 0 Å². The zero-order valence-electron chi connectivity index (χ0n) is 24.1. The Balaban J connectivity index is 1.53. The molecule has 0 heterocycles. The van der Waals surface area contributed by atoms with Crippen molar-refractivity contribution in [1.29, 1.82) is 0 Å². The first kappa shape index (κ1) is 26.3. The Morgan fingerprint density at radius 3 is 2.19 bits per heavy atom. The molecule has 0 amide bonds. The molecule has 0 spiro atoms. The predicted octanol–water partition coefficient (Wildman–Crippen LogP) is 7.80. The summed E-state index contributed by atoms with van der Waals surface area (Å²) in [6.45, 7) is 18.4. The van der Waals surface area contributed by atoms with Crippen LogP contribution in [0.4, 0.5) is 0 Å². The molecule has 9 atom stereocenters. The van der Waals surface area contributed by atoms with Gasteiger partial charge in [0.15, 0.2) is 0 Å². The fourth-order valence-electron chi connectivity index (χ4n) is 10.9. The van der Waals surface area contributed by atoms with E-state index < -0.39 is 11.4 Å². The lowest BCUT2D eigenvalue weighted by Crippen LogP contribution is -2.63. The van der Waals surface area contributed by atoms with Crippen molar-refractivity contribution in [2.24, 2.45) is 50.2 Å². The fraction of sp³-hybridized carbons (Fsp3) is 0.875. The van der Waals surface area contributed by atoms with Crippen LogP contribution in [-0.2, 0) is 14.3 Å². The van der Waals surface area contributed by atoms with Crippen molar-refractivity contribution in [3.8, 4) is 0 Å². The third-order valence-electron chi connectivity index (χ3n) is 13.6. The van der Waals surface area contributed by atoms with Crippen LogP contribution in [0.15, 0.2) is 11.6 Å². The largest absolute Gasteiger partial charge is 0.481 e. The SMILES string of the molecule is CC(=O)O[C@H]1CC[C@]2(C)C3=CC[C@@H]4[C@@H]5C[C@@](C)(C(=O)O)CC[C@]5(C)CC[C@@]4(C)[C@]3(C)CC[C@H]2C1(C)C. The highest BCUT2D eigenvalue weighted by Crippen LogP contribution is 2.75. The van der Waals surface area contributed by atoms with E-state index >= 15 is 0 Å². The fourth-order valence-corrected chi connectivity index (χ4v) is 10.9. The highest BCUT2D eigenvalue weighted by atomic mass is 16.5. The van der Waals surface area contributed by atoms with E-state index in [0.717, 1.165) is 38.5 Å². The number of carboxylic acids is 1. The quantitative estimate of drug-likeness (QED) is 0.311. The molecular weight excluding hydrogens is 448 g/mol. The lowest BCUT2D eigenvalue weighted by atomic mass is 9.34. The maximum Gasteiger partial charge on any atom is 0.309 e. The summed E-state index contributed by atoms with van der Waals surface area (Å²) in [6.07, 6.45) is 13.3. The molecule has 0 aromatic heterocycles. The van der Waals surface area contributed by atoms with Gasteiger partial charge in [-0.15, -0.1) is 0 Å². The number of fused-ring (bicyclic) bond motifs is 7. The second-order valence-corrected chi connectivity index (χ2v) is 15.5. The van der Waals surface area contributed by atoms with Crippen LogP contribution in [0.5, 0.6) is 0 Å². The number of esters is 1. The van der Waals surface area contributed by atoms with Gasteiger partial charge in [0.2, 0.25) is 0 Å². The molecule has 4 heteroatoms. The molecule has 5 aliphatic rings. The molecule has 36 heavy (non-hydrogen) atoms. The molecular formula is C32H50O4. The third-order valence-corrected chi connectivity index (χ3v) is 13.6. The number of ether oxygens (including phenoxy) is 1. The summed E-state index contributed by atoms with van der Waals surface area (Å²) < 4.78 is 5.87. The number of carbonyl (C=O) groups is 2. The normalized spacial score (nSPS) is 51.5. The Labute approximate surface area is 219 Å². The smallest absolute Gasteiger partial charge is 0.309 e. The summed E-state index contributed by atoms with van der Waals surface area (Å²) in [5.41, 5.74) is 1.79. The van der Waals surface area contributed by atoms with Crippen molar-refractivity contribution >= 4 is 11.9 Å². The molecule has 202 valence electrons. The van der Waals surface area contributed by atoms with Crippen molar-refractivity contribution < 1.29 is 19.4 Å². The molecule has 4 nitrogen and oxygen atoms in total. The van der Waals surface area contributed by atoms with Gasteiger partial charge in [-0.25, -0.2) is 0 Å². The van der Waals surface area contributed by atoms with Gasteiger partial charge in [0.1, 0.15) is 6.10 Å². The van der Waals surface area contributed by atoms with Gasteiger partial charge >= 0.3 is 11.9 Å². The number of hydrogen-bond acceptors (Lipinski definition) is 3. The van der Waals surface area contributed by atoms with Gasteiger partial charge in [-0.2, -0.15) is 0 Å². The molecule has 0 saturated heterocycles. The Morgan fingerprint density at radius 2 is 1.56 bits per heavy atom. The minimum Gasteiger partial charge on any atom is -0.481 e. The standard InChI is InChI=1S/C32H50O4/c1-20(33)36-25-12-13-30(6)23(27(25,2)3)11-14-32(8)24(30)10-9-21-22-19-29(5,26(34)35)16-15-28(22,4)17-18-31(21,32)7/h10,21-23,25H,9,11-19H2,1-8H3,(H,34,35)/t21-,22+,23+,25+,28-,29+,30+,31-,32-/m1/s1. The van der Waals surface area contributed by atoms with Gasteiger partial charge in [-0.1, -0.05) is 53.2 Å². The Morgan fingerprint density at radius 1 is 0.889 bits per heavy atom. The van der Waals surface area contributed by atoms with E-state index in [9.17, 15) is 14.7 Å². The van der Waals surface area contributed by atoms with Gasteiger partial charge in [0.25, 0.3) is 0 Å². The Hall–Kier alpha value is -1.32. The number of rotatable bonds is 2. The van der Waals surface area contributed by atoms with Gasteiger partial charge in [0.05, 0.1) is 5.41 Å². The van der Waals surface area contributed by atoms with Gasteiger partial charge in [0, 0.05) is 12.3 Å². The maximum atomic E-state index is 12.3. The van der Waals surface area contributed by atoms with Gasteiger partial charge in [-0.3, -0.25) is 9.59 Å². The molecule has 5 aliphatic carbocycles. The summed E-state index contributed by atoms with van der Waals surface area (Å²) in [7, 11) is 0. The zero-order chi connectivity index (χ0) is 26.5. The summed E-state index contributed by atoms with van der Waals surface area (Å²) in [6, 6.07) is 0. The summed E-state index contributed by atoms with van der Waals surface area (Å²) in [5, 5.41) is 10.1. The van der Waals surface area contributed by atoms with E-state index in [1.165, 1.54) is 25.7 Å². The van der Waals surface area contributed by atoms with Gasteiger partial charge < -0.3 is 9.84 Å². The number of hydrogen-bond donors (Lipinski definition) is 1. The number of aliphatic carboxylic acids is 1. The number of carboxylic acid groups (broad SMARTS) is 1. The van der Waals surface area contributed by atoms with E-state index in [-0.39, 0.29) is 39.1 Å². The lowest BCUT2D eigenvalue weighted by Gasteiger charge is -2.70. The lowest BCUT2D eigenvalue weighted by molar-refractivity contribution is -0.187. The van der Waals surface area contributed by atoms with E-state index in [2.05, 4.69) is 47.6 Å². The number of allylic oxidation sites excluding steroid dienone is 2. The second kappa shape index (κ2) is 7.85. The minimum atomic E-state index is -0.602. The monoisotopic (exact) mass is 498 g/mol. The van der Waals surface area contributed by atoms with Crippen LogP contribution in [0.25, 0.3) is 0 Å². The van der Waals surface area contributed by atoms with Crippen molar-refractivity contribution in [2.75, 3.05) is 0 Å². The minimum absolute atomic E-state index is 0.00344. The molecule has 4 fully saturated rings. The third kappa shape index (κ3) is 3.30. The van der Waals surface area contributed by atoms with E-state index in [1.807, 2.05) is 6.92 Å². The zero-order valence-corrected chi connectivity index (χ0v) is 24.1. The van der Waals surface area contributed by atoms with Crippen LogP contribution in [0.1, 0.15) is 120 Å². The first-order valence-corrected chi connectivity index (χ1v) is 14.7.